The summed E-state index contributed by atoms with van der Waals surface area (Å²) < 4.78 is 0.549. The predicted octanol–water partition coefficient (Wildman–Crippen LogP) is 2.48. The molecule has 7 heteroatoms. The van der Waals surface area contributed by atoms with Gasteiger partial charge in [0.2, 0.25) is 0 Å². The van der Waals surface area contributed by atoms with E-state index < -0.39 is 6.10 Å². The lowest BCUT2D eigenvalue weighted by Gasteiger charge is -2.13. The van der Waals surface area contributed by atoms with E-state index in [-0.39, 0.29) is 19.0 Å². The van der Waals surface area contributed by atoms with E-state index in [9.17, 15) is 9.90 Å². The zero-order valence-corrected chi connectivity index (χ0v) is 13.1. The van der Waals surface area contributed by atoms with Crippen molar-refractivity contribution in [2.75, 3.05) is 18.4 Å². The first-order valence-corrected chi connectivity index (χ1v) is 7.73. The number of anilines is 1. The molecule has 0 aliphatic carbocycles. The minimum atomic E-state index is -0.727. The Labute approximate surface area is 137 Å². The molecule has 0 radical (unpaired) electrons. The van der Waals surface area contributed by atoms with Crippen molar-refractivity contribution < 1.29 is 9.90 Å². The summed E-state index contributed by atoms with van der Waals surface area (Å²) in [7, 11) is 0. The smallest absolute Gasteiger partial charge is 0.261 e. The average molecular weight is 336 g/mol. The maximum Gasteiger partial charge on any atom is 0.261 e. The Kier molecular flexibility index (Phi) is 5.78. The number of rotatable bonds is 6. The Hall–Kier alpha value is -2.07. The maximum atomic E-state index is 11.8. The van der Waals surface area contributed by atoms with Crippen LogP contribution in [-0.4, -0.2) is 30.2 Å². The zero-order valence-electron chi connectivity index (χ0n) is 11.5. The number of carbonyl (C=O) groups excluding carboxylic acids is 1. The summed E-state index contributed by atoms with van der Waals surface area (Å²) in [6.07, 6.45) is -0.727. The first-order chi connectivity index (χ1) is 10.6. The lowest BCUT2D eigenvalue weighted by Crippen LogP contribution is -2.35. The Morgan fingerprint density at radius 2 is 2.00 bits per heavy atom. The third kappa shape index (κ3) is 4.74. The molecule has 0 saturated heterocycles. The van der Waals surface area contributed by atoms with Crippen LogP contribution in [0.2, 0.25) is 4.34 Å². The largest absolute Gasteiger partial charge is 0.389 e. The Balaban J connectivity index is 1.74. The van der Waals surface area contributed by atoms with Gasteiger partial charge in [-0.1, -0.05) is 11.6 Å². The number of thiophene rings is 1. The number of hydrogen-bond donors (Lipinski definition) is 3. The minimum absolute atomic E-state index is 0.137. The summed E-state index contributed by atoms with van der Waals surface area (Å²) in [4.78, 5) is 12.3. The molecule has 0 saturated carbocycles. The van der Waals surface area contributed by atoms with Crippen molar-refractivity contribution >= 4 is 34.5 Å². The molecule has 1 unspecified atom stereocenters. The molecule has 5 nitrogen and oxygen atoms in total. The SMILES string of the molecule is N#Cc1ccc(NCC(O)CNC(=O)c2ccc(Cl)s2)cc1. The third-order valence-corrected chi connectivity index (χ3v) is 4.08. The average Bonchev–Trinajstić information content (AvgIpc) is 2.97. The van der Waals surface area contributed by atoms with Gasteiger partial charge in [0.05, 0.1) is 27.0 Å². The second kappa shape index (κ2) is 7.80. The van der Waals surface area contributed by atoms with Gasteiger partial charge in [-0.2, -0.15) is 5.26 Å². The highest BCUT2D eigenvalue weighted by atomic mass is 35.5. The monoisotopic (exact) mass is 335 g/mol. The normalized spacial score (nSPS) is 11.5. The van der Waals surface area contributed by atoms with Crippen LogP contribution < -0.4 is 10.6 Å². The molecule has 1 amide bonds. The highest BCUT2D eigenvalue weighted by Crippen LogP contribution is 2.21. The molecule has 0 spiro atoms. The van der Waals surface area contributed by atoms with E-state index in [1.807, 2.05) is 6.07 Å². The lowest BCUT2D eigenvalue weighted by molar-refractivity contribution is 0.0926. The van der Waals surface area contributed by atoms with Crippen LogP contribution in [-0.2, 0) is 0 Å². The summed E-state index contributed by atoms with van der Waals surface area (Å²) in [5, 5.41) is 24.2. The molecule has 1 heterocycles. The van der Waals surface area contributed by atoms with Crippen LogP contribution in [0, 0.1) is 11.3 Å². The van der Waals surface area contributed by atoms with Crippen LogP contribution in [0.15, 0.2) is 36.4 Å². The van der Waals surface area contributed by atoms with Crippen LogP contribution in [0.4, 0.5) is 5.69 Å². The number of aliphatic hydroxyl groups excluding tert-OH is 1. The number of nitrogens with one attached hydrogen (secondary N) is 2. The molecule has 0 aliphatic rings. The summed E-state index contributed by atoms with van der Waals surface area (Å²) >= 11 is 6.96. The molecule has 0 fully saturated rings. The molecule has 114 valence electrons. The Morgan fingerprint density at radius 1 is 1.27 bits per heavy atom. The van der Waals surface area contributed by atoms with Gasteiger partial charge in [0.15, 0.2) is 0 Å². The Morgan fingerprint density at radius 3 is 2.59 bits per heavy atom. The summed E-state index contributed by atoms with van der Waals surface area (Å²) in [6, 6.07) is 12.2. The molecule has 1 aromatic heterocycles. The number of nitrogens with zero attached hydrogens (tertiary/aromatic N) is 1. The number of aliphatic hydroxyl groups is 1. The quantitative estimate of drug-likeness (QED) is 0.757. The predicted molar refractivity (Wildman–Crippen MR) is 87.3 cm³/mol. The fourth-order valence-corrected chi connectivity index (χ4v) is 2.66. The van der Waals surface area contributed by atoms with Crippen molar-refractivity contribution in [3.8, 4) is 6.07 Å². The molecular formula is C15H14ClN3O2S. The number of nitriles is 1. The summed E-state index contributed by atoms with van der Waals surface area (Å²) in [6.45, 7) is 0.426. The van der Waals surface area contributed by atoms with Crippen molar-refractivity contribution in [3.05, 3.63) is 51.2 Å². The van der Waals surface area contributed by atoms with E-state index >= 15 is 0 Å². The zero-order chi connectivity index (χ0) is 15.9. The van der Waals surface area contributed by atoms with Gasteiger partial charge in [0.25, 0.3) is 5.91 Å². The van der Waals surface area contributed by atoms with Crippen LogP contribution in [0.1, 0.15) is 15.2 Å². The van der Waals surface area contributed by atoms with E-state index in [4.69, 9.17) is 16.9 Å². The molecular weight excluding hydrogens is 322 g/mol. The van der Waals surface area contributed by atoms with Gasteiger partial charge in [-0.3, -0.25) is 4.79 Å². The van der Waals surface area contributed by atoms with Crippen molar-refractivity contribution in [2.24, 2.45) is 0 Å². The number of halogens is 1. The second-order valence-corrected chi connectivity index (χ2v) is 6.25. The van der Waals surface area contributed by atoms with E-state index in [2.05, 4.69) is 10.6 Å². The number of amides is 1. The molecule has 22 heavy (non-hydrogen) atoms. The van der Waals surface area contributed by atoms with Crippen molar-refractivity contribution in [1.82, 2.24) is 5.32 Å². The maximum absolute atomic E-state index is 11.8. The molecule has 1 aromatic carbocycles. The highest BCUT2D eigenvalue weighted by Gasteiger charge is 2.11. The molecule has 3 N–H and O–H groups in total. The number of benzene rings is 1. The molecule has 0 aliphatic heterocycles. The van der Waals surface area contributed by atoms with Crippen LogP contribution in [0.5, 0.6) is 0 Å². The van der Waals surface area contributed by atoms with Gasteiger partial charge in [-0.15, -0.1) is 11.3 Å². The molecule has 2 rings (SSSR count). The van der Waals surface area contributed by atoms with E-state index in [1.165, 1.54) is 11.3 Å². The lowest BCUT2D eigenvalue weighted by atomic mass is 10.2. The third-order valence-electron chi connectivity index (χ3n) is 2.85. The fraction of sp³-hybridized carbons (Fsp3) is 0.200. The van der Waals surface area contributed by atoms with Crippen molar-refractivity contribution in [1.29, 1.82) is 5.26 Å². The molecule has 0 bridgehead atoms. The Bertz CT molecular complexity index is 679. The van der Waals surface area contributed by atoms with Gasteiger partial charge >= 0.3 is 0 Å². The van der Waals surface area contributed by atoms with E-state index in [1.54, 1.807) is 36.4 Å². The van der Waals surface area contributed by atoms with Gasteiger partial charge in [-0.25, -0.2) is 0 Å². The van der Waals surface area contributed by atoms with Gasteiger partial charge in [0, 0.05) is 18.8 Å². The minimum Gasteiger partial charge on any atom is -0.389 e. The first kappa shape index (κ1) is 16.3. The standard InChI is InChI=1S/C15H14ClN3O2S/c16-14-6-5-13(22-14)15(21)19-9-12(20)8-18-11-3-1-10(7-17)2-4-11/h1-6,12,18,20H,8-9H2,(H,19,21). The molecule has 2 aromatic rings. The summed E-state index contributed by atoms with van der Waals surface area (Å²) in [5.74, 6) is -0.255. The van der Waals surface area contributed by atoms with Crippen LogP contribution >= 0.6 is 22.9 Å². The summed E-state index contributed by atoms with van der Waals surface area (Å²) in [5.41, 5.74) is 1.38. The topological polar surface area (TPSA) is 85.2 Å². The highest BCUT2D eigenvalue weighted by molar-refractivity contribution is 7.17. The van der Waals surface area contributed by atoms with E-state index in [0.717, 1.165) is 5.69 Å². The van der Waals surface area contributed by atoms with Gasteiger partial charge < -0.3 is 15.7 Å². The number of carbonyl (C=O) groups is 1. The molecule has 1 atom stereocenters. The second-order valence-electron chi connectivity index (χ2n) is 4.54. The van der Waals surface area contributed by atoms with Gasteiger partial charge in [0.1, 0.15) is 0 Å². The van der Waals surface area contributed by atoms with Gasteiger partial charge in [-0.05, 0) is 36.4 Å². The van der Waals surface area contributed by atoms with Crippen LogP contribution in [0.25, 0.3) is 0 Å². The fourth-order valence-electron chi connectivity index (χ4n) is 1.70. The first-order valence-electron chi connectivity index (χ1n) is 6.54. The van der Waals surface area contributed by atoms with Crippen molar-refractivity contribution in [3.63, 3.8) is 0 Å². The number of hydrogen-bond acceptors (Lipinski definition) is 5. The van der Waals surface area contributed by atoms with Crippen molar-refractivity contribution in [2.45, 2.75) is 6.10 Å². The van der Waals surface area contributed by atoms with Crippen LogP contribution in [0.3, 0.4) is 0 Å². The van der Waals surface area contributed by atoms with E-state index in [0.29, 0.717) is 14.8 Å².